The minimum Gasteiger partial charge on any atom is -0.444 e. The van der Waals surface area contributed by atoms with Crippen molar-refractivity contribution in [3.63, 3.8) is 0 Å². The number of hydrogen-bond acceptors (Lipinski definition) is 5. The highest BCUT2D eigenvalue weighted by Gasteiger charge is 2.39. The molecular weight excluding hydrogens is 474 g/mol. The molecule has 8 nitrogen and oxygen atoms in total. The van der Waals surface area contributed by atoms with Crippen LogP contribution in [0.15, 0.2) is 30.3 Å². The fourth-order valence-electron chi connectivity index (χ4n) is 4.06. The molecule has 4 amide bonds. The third-order valence-corrected chi connectivity index (χ3v) is 5.82. The van der Waals surface area contributed by atoms with Gasteiger partial charge in [-0.1, -0.05) is 12.1 Å². The number of ether oxygens (including phenoxy) is 1. The van der Waals surface area contributed by atoms with Gasteiger partial charge in [0.25, 0.3) is 5.91 Å². The number of anilines is 1. The highest BCUT2D eigenvalue weighted by Crippen LogP contribution is 2.35. The van der Waals surface area contributed by atoms with Crippen molar-refractivity contribution < 1.29 is 41.5 Å². The van der Waals surface area contributed by atoms with E-state index in [0.717, 1.165) is 6.92 Å². The van der Waals surface area contributed by atoms with E-state index < -0.39 is 53.1 Å². The van der Waals surface area contributed by atoms with Crippen LogP contribution in [0.5, 0.6) is 0 Å². The molecule has 0 bridgehead atoms. The molecule has 2 aromatic carbocycles. The Balaban J connectivity index is 1.41. The van der Waals surface area contributed by atoms with Crippen molar-refractivity contribution in [3.8, 4) is 0 Å². The zero-order chi connectivity index (χ0) is 25.5. The number of hydrogen-bond donors (Lipinski definition) is 2. The summed E-state index contributed by atoms with van der Waals surface area (Å²) in [5.41, 5.74) is -0.755. The quantitative estimate of drug-likeness (QED) is 0.500. The Kier molecular flexibility index (Phi) is 6.22. The van der Waals surface area contributed by atoms with Crippen LogP contribution < -0.4 is 10.6 Å². The smallest absolute Gasteiger partial charge is 0.416 e. The number of nitrogens with zero attached hydrogens (tertiary/aromatic N) is 1. The van der Waals surface area contributed by atoms with Crippen LogP contribution in [0.1, 0.15) is 45.5 Å². The van der Waals surface area contributed by atoms with Crippen LogP contribution >= 0.6 is 0 Å². The van der Waals surface area contributed by atoms with Gasteiger partial charge in [0.1, 0.15) is 18.5 Å². The first kappa shape index (κ1) is 24.2. The third-order valence-electron chi connectivity index (χ3n) is 5.82. The number of carbonyl (C=O) groups is 4. The van der Waals surface area contributed by atoms with Gasteiger partial charge in [0, 0.05) is 18.5 Å². The summed E-state index contributed by atoms with van der Waals surface area (Å²) in [7, 11) is 0. The molecule has 35 heavy (non-hydrogen) atoms. The number of nitrogens with one attached hydrogen (secondary N) is 2. The molecule has 1 atom stereocenters. The van der Waals surface area contributed by atoms with E-state index in [4.69, 9.17) is 4.74 Å². The van der Waals surface area contributed by atoms with Crippen molar-refractivity contribution in [1.82, 2.24) is 10.2 Å². The zero-order valence-electron chi connectivity index (χ0n) is 18.3. The first-order valence-electron chi connectivity index (χ1n) is 10.5. The lowest BCUT2D eigenvalue weighted by Crippen LogP contribution is -2.52. The predicted molar refractivity (Wildman–Crippen MR) is 112 cm³/mol. The van der Waals surface area contributed by atoms with Crippen LogP contribution in [-0.2, 0) is 33.7 Å². The van der Waals surface area contributed by atoms with Gasteiger partial charge in [-0.05, 0) is 48.2 Å². The molecule has 2 N–H and O–H groups in total. The summed E-state index contributed by atoms with van der Waals surface area (Å²) in [5.74, 6) is -2.40. The number of halogens is 4. The van der Waals surface area contributed by atoms with Crippen molar-refractivity contribution in [2.75, 3.05) is 5.32 Å². The van der Waals surface area contributed by atoms with Crippen LogP contribution in [0.3, 0.4) is 0 Å². The number of amides is 4. The van der Waals surface area contributed by atoms with Crippen molar-refractivity contribution >= 4 is 29.5 Å². The second-order valence-electron chi connectivity index (χ2n) is 8.24. The topological polar surface area (TPSA) is 105 Å². The Bertz CT molecular complexity index is 1240. The molecule has 0 aromatic heterocycles. The lowest BCUT2D eigenvalue weighted by Gasteiger charge is -2.29. The van der Waals surface area contributed by atoms with Crippen molar-refractivity contribution in [2.24, 2.45) is 0 Å². The molecule has 2 aromatic rings. The molecule has 2 aliphatic heterocycles. The number of rotatable bonds is 4. The van der Waals surface area contributed by atoms with Crippen LogP contribution in [0.2, 0.25) is 0 Å². The number of piperidine rings is 1. The molecule has 0 aliphatic carbocycles. The molecular formula is C23H19F4N3O5. The summed E-state index contributed by atoms with van der Waals surface area (Å²) in [4.78, 5) is 49.8. The molecule has 4 rings (SSSR count). The van der Waals surface area contributed by atoms with Crippen LogP contribution in [0.25, 0.3) is 0 Å². The highest BCUT2D eigenvalue weighted by molar-refractivity contribution is 6.05. The molecule has 0 spiro atoms. The normalized spacial score (nSPS) is 17.8. The van der Waals surface area contributed by atoms with Gasteiger partial charge < -0.3 is 9.64 Å². The van der Waals surface area contributed by atoms with Gasteiger partial charge in [-0.2, -0.15) is 13.2 Å². The van der Waals surface area contributed by atoms with E-state index in [9.17, 15) is 36.7 Å². The SMILES string of the molecule is Cc1cc(F)c(NC(=O)OCc2ccc3c(c2)C(=O)N(C2CCC(=O)NC2=O)C3)cc1C(F)(F)F. The summed E-state index contributed by atoms with van der Waals surface area (Å²) in [6.45, 7) is 0.936. The summed E-state index contributed by atoms with van der Waals surface area (Å²) >= 11 is 0. The molecule has 0 radical (unpaired) electrons. The number of benzene rings is 2. The van der Waals surface area contributed by atoms with E-state index in [1.807, 2.05) is 5.32 Å². The van der Waals surface area contributed by atoms with E-state index in [-0.39, 0.29) is 31.6 Å². The molecule has 1 fully saturated rings. The molecule has 2 heterocycles. The lowest BCUT2D eigenvalue weighted by atomic mass is 10.0. The molecule has 2 aliphatic rings. The Labute approximate surface area is 196 Å². The summed E-state index contributed by atoms with van der Waals surface area (Å²) in [6.07, 6.45) is -5.57. The Morgan fingerprint density at radius 1 is 1.20 bits per heavy atom. The highest BCUT2D eigenvalue weighted by atomic mass is 19.4. The molecule has 1 saturated heterocycles. The van der Waals surface area contributed by atoms with Crippen LogP contribution in [-0.4, -0.2) is 34.8 Å². The van der Waals surface area contributed by atoms with Crippen molar-refractivity contribution in [2.45, 2.75) is 45.1 Å². The first-order chi connectivity index (χ1) is 16.4. The Morgan fingerprint density at radius 3 is 2.63 bits per heavy atom. The largest absolute Gasteiger partial charge is 0.444 e. The molecule has 0 saturated carbocycles. The third kappa shape index (κ3) is 4.96. The van der Waals surface area contributed by atoms with E-state index in [1.54, 1.807) is 12.1 Å². The van der Waals surface area contributed by atoms with Crippen molar-refractivity contribution in [1.29, 1.82) is 0 Å². The van der Waals surface area contributed by atoms with Gasteiger partial charge in [-0.15, -0.1) is 0 Å². The number of imide groups is 1. The zero-order valence-corrected chi connectivity index (χ0v) is 18.3. The maximum Gasteiger partial charge on any atom is 0.416 e. The minimum absolute atomic E-state index is 0.122. The number of fused-ring (bicyclic) bond motifs is 1. The van der Waals surface area contributed by atoms with E-state index in [2.05, 4.69) is 5.32 Å². The van der Waals surface area contributed by atoms with Gasteiger partial charge in [-0.3, -0.25) is 25.0 Å². The average Bonchev–Trinajstić information content (AvgIpc) is 3.09. The van der Waals surface area contributed by atoms with Gasteiger partial charge >= 0.3 is 12.3 Å². The second-order valence-corrected chi connectivity index (χ2v) is 8.24. The fourth-order valence-corrected chi connectivity index (χ4v) is 4.06. The number of alkyl halides is 3. The van der Waals surface area contributed by atoms with Gasteiger partial charge in [0.05, 0.1) is 11.3 Å². The number of carbonyl (C=O) groups excluding carboxylic acids is 4. The Morgan fingerprint density at radius 2 is 1.94 bits per heavy atom. The maximum atomic E-state index is 14.0. The van der Waals surface area contributed by atoms with Gasteiger partial charge in [-0.25, -0.2) is 9.18 Å². The Hall–Kier alpha value is -3.96. The van der Waals surface area contributed by atoms with E-state index >= 15 is 0 Å². The fraction of sp³-hybridized carbons (Fsp3) is 0.304. The van der Waals surface area contributed by atoms with Crippen molar-refractivity contribution in [3.05, 3.63) is 64.0 Å². The monoisotopic (exact) mass is 493 g/mol. The standard InChI is InChI=1S/C23H19F4N3O5/c1-11-6-16(24)17(8-15(11)23(25,26)27)28-22(34)35-10-12-2-3-13-9-30(21(33)14(13)7-12)18-4-5-19(31)29-20(18)32/h2-3,6-8,18H,4-5,9-10H2,1H3,(H,28,34)(H,29,31,32). The summed E-state index contributed by atoms with van der Waals surface area (Å²) < 4.78 is 58.2. The number of aryl methyl sites for hydroxylation is 1. The molecule has 184 valence electrons. The van der Waals surface area contributed by atoms with Crippen LogP contribution in [0, 0.1) is 12.7 Å². The predicted octanol–water partition coefficient (Wildman–Crippen LogP) is 3.66. The summed E-state index contributed by atoms with van der Waals surface area (Å²) in [5, 5.41) is 4.17. The lowest BCUT2D eigenvalue weighted by molar-refractivity contribution is -0.138. The average molecular weight is 493 g/mol. The molecule has 12 heteroatoms. The molecule has 1 unspecified atom stereocenters. The minimum atomic E-state index is -4.73. The first-order valence-corrected chi connectivity index (χ1v) is 10.5. The van der Waals surface area contributed by atoms with Gasteiger partial charge in [0.15, 0.2) is 0 Å². The van der Waals surface area contributed by atoms with E-state index in [1.165, 1.54) is 11.0 Å². The summed E-state index contributed by atoms with van der Waals surface area (Å²) in [6, 6.07) is 5.07. The second kappa shape index (κ2) is 9.01. The maximum absolute atomic E-state index is 14.0. The van der Waals surface area contributed by atoms with Crippen LogP contribution in [0.4, 0.5) is 28.0 Å². The van der Waals surface area contributed by atoms with Gasteiger partial charge in [0.2, 0.25) is 11.8 Å². The van der Waals surface area contributed by atoms with E-state index in [0.29, 0.717) is 28.8 Å².